The second kappa shape index (κ2) is 13.6. The van der Waals surface area contributed by atoms with E-state index in [9.17, 15) is 9.59 Å². The number of benzene rings is 3. The van der Waals surface area contributed by atoms with Crippen molar-refractivity contribution < 1.29 is 14.3 Å². The third kappa shape index (κ3) is 7.30. The number of aromatic nitrogens is 5. The molecule has 0 saturated carbocycles. The molecule has 10 heteroatoms. The molecule has 6 aromatic rings. The van der Waals surface area contributed by atoms with Crippen molar-refractivity contribution in [2.24, 2.45) is 12.8 Å². The van der Waals surface area contributed by atoms with E-state index >= 15 is 0 Å². The predicted octanol–water partition coefficient (Wildman–Crippen LogP) is 5.46. The maximum atomic E-state index is 12.9. The molecule has 230 valence electrons. The van der Waals surface area contributed by atoms with E-state index < -0.39 is 5.91 Å². The number of rotatable bonds is 14. The Morgan fingerprint density at radius 2 is 1.82 bits per heavy atom. The maximum Gasteiger partial charge on any atom is 0.268 e. The van der Waals surface area contributed by atoms with Crippen LogP contribution in [0, 0.1) is 0 Å². The van der Waals surface area contributed by atoms with E-state index in [4.69, 9.17) is 10.5 Å². The fraction of sp³-hybridized carbons (Fsp3) is 0.257. The van der Waals surface area contributed by atoms with Gasteiger partial charge in [-0.1, -0.05) is 48.5 Å². The van der Waals surface area contributed by atoms with E-state index in [1.807, 2.05) is 89.0 Å². The van der Waals surface area contributed by atoms with E-state index in [-0.39, 0.29) is 17.7 Å². The first-order valence-corrected chi connectivity index (χ1v) is 15.2. The van der Waals surface area contributed by atoms with Gasteiger partial charge >= 0.3 is 0 Å². The van der Waals surface area contributed by atoms with Gasteiger partial charge in [-0.15, -0.1) is 0 Å². The summed E-state index contributed by atoms with van der Waals surface area (Å²) in [5.41, 5.74) is 10.6. The highest BCUT2D eigenvalue weighted by Gasteiger charge is 2.14. The minimum Gasteiger partial charge on any atom is -0.372 e. The molecule has 0 spiro atoms. The summed E-state index contributed by atoms with van der Waals surface area (Å²) in [7, 11) is 1.99. The normalized spacial score (nSPS) is 12.1. The van der Waals surface area contributed by atoms with Gasteiger partial charge < -0.3 is 29.5 Å². The Kier molecular flexibility index (Phi) is 9.02. The van der Waals surface area contributed by atoms with Gasteiger partial charge in [0.1, 0.15) is 11.5 Å². The highest BCUT2D eigenvalue weighted by atomic mass is 16.5. The number of nitrogens with two attached hydrogens (primary N) is 1. The number of nitrogens with zero attached hydrogens (tertiary/aromatic N) is 5. The average Bonchev–Trinajstić information content (AvgIpc) is 3.77. The number of hydrogen-bond donors (Lipinski definition) is 2. The molecule has 0 unspecified atom stereocenters. The lowest BCUT2D eigenvalue weighted by Gasteiger charge is -2.19. The predicted molar refractivity (Wildman–Crippen MR) is 175 cm³/mol. The minimum absolute atomic E-state index is 0.0445. The van der Waals surface area contributed by atoms with Gasteiger partial charge in [0.2, 0.25) is 5.91 Å². The zero-order chi connectivity index (χ0) is 31.2. The Bertz CT molecular complexity index is 1920. The number of hydrogen-bond acceptors (Lipinski definition) is 5. The molecule has 0 bridgehead atoms. The van der Waals surface area contributed by atoms with Crippen LogP contribution in [-0.2, 0) is 42.7 Å². The number of primary amides is 1. The minimum atomic E-state index is -0.549. The molecule has 0 aliphatic carbocycles. The molecule has 10 nitrogen and oxygen atoms in total. The topological polar surface area (TPSA) is 122 Å². The number of imidazole rings is 2. The maximum absolute atomic E-state index is 12.9. The number of ether oxygens (including phenoxy) is 1. The Hall–Kier alpha value is -5.22. The lowest BCUT2D eigenvalue weighted by Crippen LogP contribution is -2.20. The van der Waals surface area contributed by atoms with Gasteiger partial charge in [0.15, 0.2) is 0 Å². The van der Waals surface area contributed by atoms with Crippen LogP contribution in [0.25, 0.3) is 21.9 Å². The molecule has 2 amide bonds. The molecular weight excluding hydrogens is 566 g/mol. The van der Waals surface area contributed by atoms with Gasteiger partial charge in [-0.3, -0.25) is 9.59 Å². The first-order chi connectivity index (χ1) is 21.9. The number of fused-ring (bicyclic) bond motifs is 2. The molecular formula is C35H37N7O3. The van der Waals surface area contributed by atoms with Crippen LogP contribution in [0.4, 0.5) is 5.69 Å². The van der Waals surface area contributed by atoms with Crippen LogP contribution >= 0.6 is 0 Å². The summed E-state index contributed by atoms with van der Waals surface area (Å²) in [5.74, 6) is 0.298. The Morgan fingerprint density at radius 3 is 2.62 bits per heavy atom. The van der Waals surface area contributed by atoms with Crippen LogP contribution < -0.4 is 11.1 Å². The second-order valence-corrected chi connectivity index (χ2v) is 11.3. The lowest BCUT2D eigenvalue weighted by atomic mass is 10.1. The van der Waals surface area contributed by atoms with Crippen LogP contribution in [0.3, 0.4) is 0 Å². The van der Waals surface area contributed by atoms with Crippen LogP contribution in [0.5, 0.6) is 0 Å². The van der Waals surface area contributed by atoms with Gasteiger partial charge in [-0.2, -0.15) is 0 Å². The van der Waals surface area contributed by atoms with E-state index in [0.29, 0.717) is 26.0 Å². The van der Waals surface area contributed by atoms with Crippen molar-refractivity contribution in [3.05, 3.63) is 115 Å². The molecule has 1 atom stereocenters. The van der Waals surface area contributed by atoms with Crippen molar-refractivity contribution in [2.45, 2.75) is 51.5 Å². The number of anilines is 1. The fourth-order valence-electron chi connectivity index (χ4n) is 5.65. The first kappa shape index (κ1) is 29.8. The molecule has 0 aliphatic rings. The first-order valence-electron chi connectivity index (χ1n) is 15.2. The summed E-state index contributed by atoms with van der Waals surface area (Å²) in [4.78, 5) is 33.2. The number of para-hydroxylation sites is 2. The zero-order valence-electron chi connectivity index (χ0n) is 25.3. The quantitative estimate of drug-likeness (QED) is 0.171. The number of carbonyl (C=O) groups excluding carboxylic acids is 2. The van der Waals surface area contributed by atoms with Crippen molar-refractivity contribution in [2.75, 3.05) is 5.32 Å². The molecule has 0 aliphatic heterocycles. The molecule has 3 N–H and O–H groups in total. The fourth-order valence-corrected chi connectivity index (χ4v) is 5.65. The van der Waals surface area contributed by atoms with E-state index in [2.05, 4.69) is 32.1 Å². The molecule has 45 heavy (non-hydrogen) atoms. The van der Waals surface area contributed by atoms with E-state index in [0.717, 1.165) is 58.4 Å². The SMILES string of the molecule is Cn1c(CCC(=O)Nc2ccc3ccn(CCC[C@@H](Cn4cnc(C(N)=O)c4)OCc4ccccc4)c3c2)nc2ccccc21. The highest BCUT2D eigenvalue weighted by molar-refractivity contribution is 5.94. The van der Waals surface area contributed by atoms with Gasteiger partial charge in [0, 0.05) is 51.1 Å². The van der Waals surface area contributed by atoms with Crippen molar-refractivity contribution in [3.63, 3.8) is 0 Å². The molecule has 3 heterocycles. The average molecular weight is 604 g/mol. The third-order valence-electron chi connectivity index (χ3n) is 8.07. The van der Waals surface area contributed by atoms with Crippen molar-refractivity contribution >= 4 is 39.4 Å². The van der Waals surface area contributed by atoms with Crippen molar-refractivity contribution in [1.82, 2.24) is 23.7 Å². The van der Waals surface area contributed by atoms with Crippen molar-refractivity contribution in [3.8, 4) is 0 Å². The Morgan fingerprint density at radius 1 is 1.00 bits per heavy atom. The van der Waals surface area contributed by atoms with Crippen LogP contribution in [-0.4, -0.2) is 41.6 Å². The molecule has 0 fully saturated rings. The van der Waals surface area contributed by atoms with Crippen LogP contribution in [0.15, 0.2) is 97.6 Å². The van der Waals surface area contributed by atoms with Gasteiger partial charge in [0.05, 0.1) is 35.6 Å². The molecule has 0 radical (unpaired) electrons. The third-order valence-corrected chi connectivity index (χ3v) is 8.07. The second-order valence-electron chi connectivity index (χ2n) is 11.3. The highest BCUT2D eigenvalue weighted by Crippen LogP contribution is 2.23. The number of nitrogens with one attached hydrogen (secondary N) is 1. The van der Waals surface area contributed by atoms with E-state index in [1.165, 1.54) is 0 Å². The Labute approximate surface area is 261 Å². The zero-order valence-corrected chi connectivity index (χ0v) is 25.3. The Balaban J connectivity index is 1.07. The number of amides is 2. The summed E-state index contributed by atoms with van der Waals surface area (Å²) >= 11 is 0. The molecule has 3 aromatic heterocycles. The van der Waals surface area contributed by atoms with E-state index in [1.54, 1.807) is 12.5 Å². The summed E-state index contributed by atoms with van der Waals surface area (Å²) in [5, 5.41) is 4.18. The standard InChI is InChI=1S/C35H37N7O3/c1-40-31-12-6-5-11-29(31)39-33(40)15-16-34(43)38-27-14-13-26-17-19-42(32(26)20-27)18-7-10-28(45-23-25-8-3-2-4-9-25)21-41-22-30(35(36)44)37-24-41/h2-6,8-9,11-14,17,19-20,22,24,28H,7,10,15-16,18,21,23H2,1H3,(H2,36,44)(H,38,43)/t28-/m0/s1. The summed E-state index contributed by atoms with van der Waals surface area (Å²) in [6.45, 7) is 1.84. The molecule has 0 saturated heterocycles. The lowest BCUT2D eigenvalue weighted by molar-refractivity contribution is -0.116. The monoisotopic (exact) mass is 603 g/mol. The smallest absolute Gasteiger partial charge is 0.268 e. The summed E-state index contributed by atoms with van der Waals surface area (Å²) in [6.07, 6.45) is 7.85. The van der Waals surface area contributed by atoms with Crippen molar-refractivity contribution in [1.29, 1.82) is 0 Å². The summed E-state index contributed by atoms with van der Waals surface area (Å²) < 4.78 is 12.4. The van der Waals surface area contributed by atoms with Gasteiger partial charge in [-0.25, -0.2) is 9.97 Å². The molecule has 6 rings (SSSR count). The molecule has 3 aromatic carbocycles. The van der Waals surface area contributed by atoms with Gasteiger partial charge in [0.25, 0.3) is 5.91 Å². The summed E-state index contributed by atoms with van der Waals surface area (Å²) in [6, 6.07) is 26.2. The van der Waals surface area contributed by atoms with Crippen LogP contribution in [0.1, 0.15) is 41.1 Å². The number of carbonyl (C=O) groups is 2. The van der Waals surface area contributed by atoms with Crippen LogP contribution in [0.2, 0.25) is 0 Å². The van der Waals surface area contributed by atoms with Gasteiger partial charge in [-0.05, 0) is 54.1 Å². The number of aryl methyl sites for hydroxylation is 3. The largest absolute Gasteiger partial charge is 0.372 e.